The lowest BCUT2D eigenvalue weighted by Crippen LogP contribution is -2.01. The average Bonchev–Trinajstić information content (AvgIpc) is 2.16. The highest BCUT2D eigenvalue weighted by Crippen LogP contribution is 2.37. The Morgan fingerprint density at radius 1 is 1.67 bits per heavy atom. The van der Waals surface area contributed by atoms with E-state index in [-0.39, 0.29) is 0 Å². The van der Waals surface area contributed by atoms with Crippen LogP contribution in [0.25, 0.3) is 0 Å². The van der Waals surface area contributed by atoms with Crippen molar-refractivity contribution in [2.45, 2.75) is 6.43 Å². The van der Waals surface area contributed by atoms with Gasteiger partial charge in [0, 0.05) is 6.20 Å². The van der Waals surface area contributed by atoms with Crippen molar-refractivity contribution < 1.29 is 23.4 Å². The Morgan fingerprint density at radius 3 is 2.67 bits per heavy atom. The molecule has 0 fully saturated rings. The van der Waals surface area contributed by atoms with E-state index >= 15 is 0 Å². The summed E-state index contributed by atoms with van der Waals surface area (Å²) in [5.74, 6) is -1.28. The number of hydrogen-bond acceptors (Lipinski definition) is 4. The van der Waals surface area contributed by atoms with E-state index in [1.54, 1.807) is 0 Å². The SMILES string of the molecule is COc1c(C(F)F)cnc(C(=O)Cl)c1O. The Kier molecular flexibility index (Phi) is 3.41. The summed E-state index contributed by atoms with van der Waals surface area (Å²) in [4.78, 5) is 14.0. The molecular weight excluding hydrogens is 232 g/mol. The zero-order valence-corrected chi connectivity index (χ0v) is 8.26. The molecular formula is C8H6ClF2NO3. The summed E-state index contributed by atoms with van der Waals surface area (Å²) < 4.78 is 29.3. The molecule has 7 heteroatoms. The highest BCUT2D eigenvalue weighted by molar-refractivity contribution is 6.67. The summed E-state index contributed by atoms with van der Waals surface area (Å²) in [6.45, 7) is 0. The van der Waals surface area contributed by atoms with E-state index in [0.717, 1.165) is 13.3 Å². The number of rotatable bonds is 3. The number of carbonyl (C=O) groups is 1. The predicted octanol–water partition coefficient (Wildman–Crippen LogP) is 2.11. The zero-order chi connectivity index (χ0) is 11.6. The van der Waals surface area contributed by atoms with Crippen molar-refractivity contribution >= 4 is 16.8 Å². The number of hydrogen-bond donors (Lipinski definition) is 1. The molecule has 0 amide bonds. The molecule has 1 rings (SSSR count). The molecule has 1 aromatic rings. The highest BCUT2D eigenvalue weighted by Gasteiger charge is 2.23. The van der Waals surface area contributed by atoms with Crippen molar-refractivity contribution in [3.63, 3.8) is 0 Å². The summed E-state index contributed by atoms with van der Waals surface area (Å²) in [6, 6.07) is 0. The summed E-state index contributed by atoms with van der Waals surface area (Å²) in [5.41, 5.74) is -1.12. The number of pyridine rings is 1. The van der Waals surface area contributed by atoms with Crippen LogP contribution in [0, 0.1) is 0 Å². The minimum Gasteiger partial charge on any atom is -0.503 e. The molecule has 0 aliphatic carbocycles. The van der Waals surface area contributed by atoms with Gasteiger partial charge in [-0.15, -0.1) is 0 Å². The molecule has 0 atom stereocenters. The number of halogens is 3. The molecule has 0 aliphatic rings. The van der Waals surface area contributed by atoms with Gasteiger partial charge in [0.1, 0.15) is 0 Å². The van der Waals surface area contributed by atoms with Crippen LogP contribution in [0.2, 0.25) is 0 Å². The van der Waals surface area contributed by atoms with E-state index in [1.165, 1.54) is 0 Å². The fraction of sp³-hybridized carbons (Fsp3) is 0.250. The quantitative estimate of drug-likeness (QED) is 0.818. The molecule has 0 aliphatic heterocycles. The molecule has 0 bridgehead atoms. The molecule has 15 heavy (non-hydrogen) atoms. The minimum atomic E-state index is -2.86. The molecule has 4 nitrogen and oxygen atoms in total. The van der Waals surface area contributed by atoms with Gasteiger partial charge < -0.3 is 9.84 Å². The van der Waals surface area contributed by atoms with E-state index in [4.69, 9.17) is 11.6 Å². The van der Waals surface area contributed by atoms with Crippen LogP contribution in [0.3, 0.4) is 0 Å². The maximum absolute atomic E-state index is 12.4. The summed E-state index contributed by atoms with van der Waals surface area (Å²) in [7, 11) is 1.09. The first kappa shape index (κ1) is 11.6. The van der Waals surface area contributed by atoms with Crippen LogP contribution in [0.1, 0.15) is 22.5 Å². The standard InChI is InChI=1S/C8H6ClF2NO3/c1-15-6-3(8(10)11)2-12-4(5(6)13)7(9)14/h2,8,13H,1H3. The van der Waals surface area contributed by atoms with Crippen molar-refractivity contribution in [3.05, 3.63) is 17.5 Å². The van der Waals surface area contributed by atoms with Gasteiger partial charge in [0.05, 0.1) is 12.7 Å². The van der Waals surface area contributed by atoms with Crippen LogP contribution < -0.4 is 4.74 Å². The fourth-order valence-electron chi connectivity index (χ4n) is 1.01. The van der Waals surface area contributed by atoms with Crippen molar-refractivity contribution in [1.29, 1.82) is 0 Å². The molecule has 1 N–H and O–H groups in total. The average molecular weight is 238 g/mol. The van der Waals surface area contributed by atoms with Gasteiger partial charge >= 0.3 is 0 Å². The molecule has 82 valence electrons. The third-order valence-electron chi connectivity index (χ3n) is 1.66. The van der Waals surface area contributed by atoms with E-state index in [1.807, 2.05) is 0 Å². The summed E-state index contributed by atoms with van der Waals surface area (Å²) in [5, 5.41) is 8.31. The second kappa shape index (κ2) is 4.39. The van der Waals surface area contributed by atoms with Crippen molar-refractivity contribution in [1.82, 2.24) is 4.98 Å². The Hall–Kier alpha value is -1.43. The topological polar surface area (TPSA) is 59.4 Å². The van der Waals surface area contributed by atoms with Crippen LogP contribution >= 0.6 is 11.6 Å². The van der Waals surface area contributed by atoms with Crippen molar-refractivity contribution in [3.8, 4) is 11.5 Å². The number of methoxy groups -OCH3 is 1. The molecule has 0 spiro atoms. The molecule has 0 aromatic carbocycles. The van der Waals surface area contributed by atoms with Crippen molar-refractivity contribution in [2.24, 2.45) is 0 Å². The maximum Gasteiger partial charge on any atom is 0.274 e. The molecule has 1 heterocycles. The van der Waals surface area contributed by atoms with E-state index < -0.39 is 34.4 Å². The lowest BCUT2D eigenvalue weighted by molar-refractivity contribution is 0.107. The fourth-order valence-corrected chi connectivity index (χ4v) is 1.15. The van der Waals surface area contributed by atoms with E-state index in [0.29, 0.717) is 0 Å². The Labute approximate surface area is 88.4 Å². The number of aromatic nitrogens is 1. The predicted molar refractivity (Wildman–Crippen MR) is 47.6 cm³/mol. The normalized spacial score (nSPS) is 10.5. The number of ether oxygens (including phenoxy) is 1. The second-order valence-electron chi connectivity index (χ2n) is 2.52. The monoisotopic (exact) mass is 237 g/mol. The van der Waals surface area contributed by atoms with Gasteiger partial charge in [0.2, 0.25) is 0 Å². The van der Waals surface area contributed by atoms with Gasteiger partial charge in [-0.05, 0) is 11.6 Å². The van der Waals surface area contributed by atoms with Gasteiger partial charge in [-0.25, -0.2) is 13.8 Å². The molecule has 0 unspecified atom stereocenters. The zero-order valence-electron chi connectivity index (χ0n) is 7.50. The smallest absolute Gasteiger partial charge is 0.274 e. The van der Waals surface area contributed by atoms with Crippen molar-refractivity contribution in [2.75, 3.05) is 7.11 Å². The molecule has 1 aromatic heterocycles. The number of nitrogens with zero attached hydrogens (tertiary/aromatic N) is 1. The van der Waals surface area contributed by atoms with E-state index in [2.05, 4.69) is 9.72 Å². The van der Waals surface area contributed by atoms with Crippen LogP contribution in [0.5, 0.6) is 11.5 Å². The van der Waals surface area contributed by atoms with Crippen LogP contribution in [-0.2, 0) is 0 Å². The van der Waals surface area contributed by atoms with Crippen LogP contribution in [0.4, 0.5) is 8.78 Å². The van der Waals surface area contributed by atoms with Crippen LogP contribution in [0.15, 0.2) is 6.20 Å². The molecule has 0 saturated heterocycles. The van der Waals surface area contributed by atoms with Crippen LogP contribution in [-0.4, -0.2) is 22.4 Å². The summed E-state index contributed by atoms with van der Waals surface area (Å²) in [6.07, 6.45) is -2.13. The van der Waals surface area contributed by atoms with Gasteiger partial charge in [0.15, 0.2) is 17.2 Å². The Balaban J connectivity index is 3.39. The maximum atomic E-state index is 12.4. The number of alkyl halides is 2. The number of aromatic hydroxyl groups is 1. The lowest BCUT2D eigenvalue weighted by atomic mass is 10.2. The van der Waals surface area contributed by atoms with E-state index in [9.17, 15) is 18.7 Å². The van der Waals surface area contributed by atoms with Gasteiger partial charge in [0.25, 0.3) is 11.7 Å². The van der Waals surface area contributed by atoms with Gasteiger partial charge in [-0.3, -0.25) is 4.79 Å². The second-order valence-corrected chi connectivity index (χ2v) is 2.86. The first-order chi connectivity index (χ1) is 6.99. The third-order valence-corrected chi connectivity index (χ3v) is 1.84. The number of carbonyl (C=O) groups excluding carboxylic acids is 1. The molecule has 0 radical (unpaired) electrons. The highest BCUT2D eigenvalue weighted by atomic mass is 35.5. The first-order valence-electron chi connectivity index (χ1n) is 3.72. The lowest BCUT2D eigenvalue weighted by Gasteiger charge is -2.10. The summed E-state index contributed by atoms with van der Waals surface area (Å²) >= 11 is 5.06. The minimum absolute atomic E-state index is 0.496. The Bertz CT molecular complexity index is 398. The molecule has 0 saturated carbocycles. The first-order valence-corrected chi connectivity index (χ1v) is 4.10. The van der Waals surface area contributed by atoms with Gasteiger partial charge in [-0.1, -0.05) is 0 Å². The Morgan fingerprint density at radius 2 is 2.27 bits per heavy atom. The van der Waals surface area contributed by atoms with Gasteiger partial charge in [-0.2, -0.15) is 0 Å². The third kappa shape index (κ3) is 2.15. The largest absolute Gasteiger partial charge is 0.503 e.